The molecule has 6 nitrogen and oxygen atoms in total. The Morgan fingerprint density at radius 2 is 1.87 bits per heavy atom. The molecule has 9 heteroatoms. The molecular weight excluding hydrogens is 219 g/mol. The Kier molecular flexibility index (Phi) is 4.05. The van der Waals surface area contributed by atoms with Gasteiger partial charge >= 0.3 is 6.18 Å². The van der Waals surface area contributed by atoms with Crippen LogP contribution in [0.3, 0.4) is 0 Å². The zero-order valence-electron chi connectivity index (χ0n) is 7.72. The Hall–Kier alpha value is -1.35. The molecule has 0 aromatic heterocycles. The average molecular weight is 229 g/mol. The molecule has 2 amide bonds. The highest BCUT2D eigenvalue weighted by Crippen LogP contribution is 2.27. The Labute approximate surface area is 82.7 Å². The standard InChI is InChI=1S/C6H10F3N3O3/c1-5(11,6(7,8)9)4(14)12-15-2-3(10)13/h2,11H2,1H3,(H2,10,13)(H,12,14). The van der Waals surface area contributed by atoms with Crippen LogP contribution < -0.4 is 16.9 Å². The van der Waals surface area contributed by atoms with Gasteiger partial charge in [-0.3, -0.25) is 14.4 Å². The molecule has 0 heterocycles. The SMILES string of the molecule is CC(N)(C(=O)NOCC(N)=O)C(F)(F)F. The number of hydrogen-bond acceptors (Lipinski definition) is 4. The highest BCUT2D eigenvalue weighted by Gasteiger charge is 2.54. The lowest BCUT2D eigenvalue weighted by Gasteiger charge is -2.25. The Bertz CT molecular complexity index is 264. The normalized spacial score (nSPS) is 15.5. The highest BCUT2D eigenvalue weighted by molar-refractivity contribution is 5.86. The molecule has 15 heavy (non-hydrogen) atoms. The van der Waals surface area contributed by atoms with Crippen molar-refractivity contribution in [3.05, 3.63) is 0 Å². The van der Waals surface area contributed by atoms with E-state index in [9.17, 15) is 22.8 Å². The largest absolute Gasteiger partial charge is 0.415 e. The van der Waals surface area contributed by atoms with Crippen molar-refractivity contribution in [1.82, 2.24) is 5.48 Å². The van der Waals surface area contributed by atoms with Crippen LogP contribution in [0.4, 0.5) is 13.2 Å². The number of carbonyl (C=O) groups excluding carboxylic acids is 2. The Morgan fingerprint density at radius 1 is 1.40 bits per heavy atom. The number of hydrogen-bond donors (Lipinski definition) is 3. The summed E-state index contributed by atoms with van der Waals surface area (Å²) in [6, 6.07) is 0. The summed E-state index contributed by atoms with van der Waals surface area (Å²) in [6.45, 7) is -0.268. The van der Waals surface area contributed by atoms with Gasteiger partial charge in [-0.2, -0.15) is 13.2 Å². The van der Waals surface area contributed by atoms with Crippen molar-refractivity contribution >= 4 is 11.8 Å². The fraction of sp³-hybridized carbons (Fsp3) is 0.667. The van der Waals surface area contributed by atoms with Crippen LogP contribution in [0, 0.1) is 0 Å². The zero-order valence-corrected chi connectivity index (χ0v) is 7.72. The van der Waals surface area contributed by atoms with Crippen molar-refractivity contribution in [3.8, 4) is 0 Å². The molecule has 0 saturated carbocycles. The van der Waals surface area contributed by atoms with Gasteiger partial charge in [-0.05, 0) is 6.92 Å². The monoisotopic (exact) mass is 229 g/mol. The van der Waals surface area contributed by atoms with Crippen molar-refractivity contribution in [1.29, 1.82) is 0 Å². The summed E-state index contributed by atoms with van der Waals surface area (Å²) in [5.41, 5.74) is 7.61. The number of amides is 2. The number of nitrogens with two attached hydrogens (primary N) is 2. The average Bonchev–Trinajstić information content (AvgIpc) is 2.01. The number of carbonyl (C=O) groups is 2. The summed E-state index contributed by atoms with van der Waals surface area (Å²) < 4.78 is 36.4. The van der Waals surface area contributed by atoms with Crippen LogP contribution in [0.2, 0.25) is 0 Å². The lowest BCUT2D eigenvalue weighted by atomic mass is 10.0. The second kappa shape index (κ2) is 4.45. The van der Waals surface area contributed by atoms with Crippen molar-refractivity contribution in [2.24, 2.45) is 11.5 Å². The van der Waals surface area contributed by atoms with E-state index in [0.29, 0.717) is 6.92 Å². The van der Waals surface area contributed by atoms with Gasteiger partial charge in [0, 0.05) is 0 Å². The first kappa shape index (κ1) is 13.7. The van der Waals surface area contributed by atoms with Gasteiger partial charge in [0.1, 0.15) is 0 Å². The smallest absolute Gasteiger partial charge is 0.368 e. The third-order valence-corrected chi connectivity index (χ3v) is 1.44. The minimum absolute atomic E-state index is 0.468. The minimum Gasteiger partial charge on any atom is -0.368 e. The van der Waals surface area contributed by atoms with E-state index in [0.717, 1.165) is 0 Å². The molecule has 0 fully saturated rings. The van der Waals surface area contributed by atoms with Crippen molar-refractivity contribution in [3.63, 3.8) is 0 Å². The van der Waals surface area contributed by atoms with E-state index in [1.807, 2.05) is 0 Å². The molecule has 0 bridgehead atoms. The fourth-order valence-electron chi connectivity index (χ4n) is 0.408. The molecule has 0 aliphatic heterocycles. The number of nitrogens with one attached hydrogen (secondary N) is 1. The molecule has 0 saturated heterocycles. The predicted octanol–water partition coefficient (Wildman–Crippen LogP) is -1.20. The van der Waals surface area contributed by atoms with Crippen LogP contribution >= 0.6 is 0 Å². The van der Waals surface area contributed by atoms with Gasteiger partial charge in [0.25, 0.3) is 5.91 Å². The molecule has 5 N–H and O–H groups in total. The summed E-state index contributed by atoms with van der Waals surface area (Å²) in [7, 11) is 0. The van der Waals surface area contributed by atoms with E-state index in [1.165, 1.54) is 5.48 Å². The Balaban J connectivity index is 4.27. The summed E-state index contributed by atoms with van der Waals surface area (Å²) in [5, 5.41) is 0. The summed E-state index contributed by atoms with van der Waals surface area (Å²) in [5.74, 6) is -2.56. The quantitative estimate of drug-likeness (QED) is 0.526. The molecule has 0 aliphatic rings. The van der Waals surface area contributed by atoms with E-state index in [1.54, 1.807) is 0 Å². The lowest BCUT2D eigenvalue weighted by Crippen LogP contribution is -2.61. The van der Waals surface area contributed by atoms with Gasteiger partial charge in [0.15, 0.2) is 12.1 Å². The number of alkyl halides is 3. The Morgan fingerprint density at radius 3 is 2.20 bits per heavy atom. The first-order valence-corrected chi connectivity index (χ1v) is 3.65. The molecule has 0 spiro atoms. The molecule has 88 valence electrons. The number of rotatable bonds is 4. The van der Waals surface area contributed by atoms with E-state index >= 15 is 0 Å². The summed E-state index contributed by atoms with van der Waals surface area (Å²) in [4.78, 5) is 25.1. The minimum atomic E-state index is -4.92. The molecule has 1 unspecified atom stereocenters. The second-order valence-corrected chi connectivity index (χ2v) is 2.89. The predicted molar refractivity (Wildman–Crippen MR) is 41.9 cm³/mol. The number of hydroxylamine groups is 1. The first-order valence-electron chi connectivity index (χ1n) is 3.65. The molecule has 0 aliphatic carbocycles. The van der Waals surface area contributed by atoms with Crippen LogP contribution in [-0.2, 0) is 14.4 Å². The van der Waals surface area contributed by atoms with Crippen LogP contribution in [-0.4, -0.2) is 30.1 Å². The maximum absolute atomic E-state index is 12.1. The summed E-state index contributed by atoms with van der Waals surface area (Å²) >= 11 is 0. The van der Waals surface area contributed by atoms with Gasteiger partial charge in [-0.15, -0.1) is 0 Å². The molecule has 0 rings (SSSR count). The topological polar surface area (TPSA) is 107 Å². The van der Waals surface area contributed by atoms with E-state index < -0.39 is 30.1 Å². The highest BCUT2D eigenvalue weighted by atomic mass is 19.4. The molecule has 1 atom stereocenters. The van der Waals surface area contributed by atoms with Gasteiger partial charge in [-0.1, -0.05) is 0 Å². The lowest BCUT2D eigenvalue weighted by molar-refractivity contribution is -0.193. The van der Waals surface area contributed by atoms with Crippen molar-refractivity contribution in [2.75, 3.05) is 6.61 Å². The third kappa shape index (κ3) is 3.72. The summed E-state index contributed by atoms with van der Waals surface area (Å²) in [6.07, 6.45) is -4.92. The van der Waals surface area contributed by atoms with Gasteiger partial charge < -0.3 is 11.5 Å². The van der Waals surface area contributed by atoms with Gasteiger partial charge in [0.05, 0.1) is 0 Å². The van der Waals surface area contributed by atoms with Crippen LogP contribution in [0.25, 0.3) is 0 Å². The van der Waals surface area contributed by atoms with Crippen LogP contribution in [0.5, 0.6) is 0 Å². The maximum atomic E-state index is 12.1. The fourth-order valence-corrected chi connectivity index (χ4v) is 0.408. The zero-order chi connectivity index (χ0) is 12.3. The van der Waals surface area contributed by atoms with Crippen LogP contribution in [0.1, 0.15) is 6.92 Å². The van der Waals surface area contributed by atoms with Crippen LogP contribution in [0.15, 0.2) is 0 Å². The molecular formula is C6H10F3N3O3. The number of primary amides is 1. The second-order valence-electron chi connectivity index (χ2n) is 2.89. The van der Waals surface area contributed by atoms with E-state index in [-0.39, 0.29) is 0 Å². The van der Waals surface area contributed by atoms with Gasteiger partial charge in [0.2, 0.25) is 5.91 Å². The van der Waals surface area contributed by atoms with Gasteiger partial charge in [-0.25, -0.2) is 5.48 Å². The third-order valence-electron chi connectivity index (χ3n) is 1.44. The number of halogens is 3. The first-order chi connectivity index (χ1) is 6.59. The molecule has 0 radical (unpaired) electrons. The van der Waals surface area contributed by atoms with Crippen molar-refractivity contribution in [2.45, 2.75) is 18.6 Å². The van der Waals surface area contributed by atoms with E-state index in [2.05, 4.69) is 10.6 Å². The van der Waals surface area contributed by atoms with E-state index in [4.69, 9.17) is 5.73 Å². The maximum Gasteiger partial charge on any atom is 0.415 e. The molecule has 0 aromatic rings. The molecule has 0 aromatic carbocycles. The van der Waals surface area contributed by atoms with Crippen molar-refractivity contribution < 1.29 is 27.6 Å².